The normalized spacial score (nSPS) is 16.8. The second-order valence-corrected chi connectivity index (χ2v) is 7.94. The van der Waals surface area contributed by atoms with Crippen LogP contribution in [0.1, 0.15) is 62.3 Å². The van der Waals surface area contributed by atoms with Gasteiger partial charge in [0, 0.05) is 29.7 Å². The van der Waals surface area contributed by atoms with E-state index in [4.69, 9.17) is 0 Å². The van der Waals surface area contributed by atoms with E-state index < -0.39 is 0 Å². The standard InChI is InChI=1S/C25H32N2/c1-3-16-26(17-4-2)24-12-8-11-21-13-14-23-22(25(21)24)15-18-27(23)19-20-9-6-5-7-10-20/h5-7,9-10,13-15,18,24H,3-4,8,11-12,16-17,19H2,1-2H3. The first-order valence-corrected chi connectivity index (χ1v) is 10.7. The lowest BCUT2D eigenvalue weighted by Crippen LogP contribution is -2.32. The molecule has 142 valence electrons. The van der Waals surface area contributed by atoms with Crippen molar-refractivity contribution in [3.63, 3.8) is 0 Å². The fourth-order valence-corrected chi connectivity index (χ4v) is 4.86. The maximum atomic E-state index is 2.74. The summed E-state index contributed by atoms with van der Waals surface area (Å²) in [4.78, 5) is 2.74. The number of fused-ring (bicyclic) bond motifs is 3. The van der Waals surface area contributed by atoms with Crippen molar-refractivity contribution in [2.24, 2.45) is 0 Å². The molecule has 0 bridgehead atoms. The van der Waals surface area contributed by atoms with Crippen LogP contribution in [0.3, 0.4) is 0 Å². The van der Waals surface area contributed by atoms with Gasteiger partial charge in [-0.05, 0) is 74.0 Å². The van der Waals surface area contributed by atoms with Crippen molar-refractivity contribution >= 4 is 10.9 Å². The van der Waals surface area contributed by atoms with E-state index in [1.54, 1.807) is 11.1 Å². The Morgan fingerprint density at radius 2 is 1.74 bits per heavy atom. The van der Waals surface area contributed by atoms with Gasteiger partial charge in [-0.1, -0.05) is 50.2 Å². The molecule has 2 aromatic carbocycles. The van der Waals surface area contributed by atoms with Crippen molar-refractivity contribution in [1.82, 2.24) is 9.47 Å². The maximum Gasteiger partial charge on any atom is 0.0487 e. The molecule has 0 spiro atoms. The van der Waals surface area contributed by atoms with Gasteiger partial charge in [0.25, 0.3) is 0 Å². The zero-order valence-electron chi connectivity index (χ0n) is 16.8. The van der Waals surface area contributed by atoms with Crippen LogP contribution in [-0.2, 0) is 13.0 Å². The summed E-state index contributed by atoms with van der Waals surface area (Å²) in [6.45, 7) is 7.98. The summed E-state index contributed by atoms with van der Waals surface area (Å²) in [6.07, 6.45) is 8.60. The molecule has 0 saturated carbocycles. The number of nitrogens with zero attached hydrogens (tertiary/aromatic N) is 2. The number of benzene rings is 2. The van der Waals surface area contributed by atoms with Gasteiger partial charge in [-0.25, -0.2) is 0 Å². The molecule has 4 rings (SSSR count). The van der Waals surface area contributed by atoms with Crippen LogP contribution in [0.15, 0.2) is 54.7 Å². The Balaban J connectivity index is 1.74. The first kappa shape index (κ1) is 18.3. The Morgan fingerprint density at radius 1 is 0.963 bits per heavy atom. The Labute approximate surface area is 163 Å². The predicted molar refractivity (Wildman–Crippen MR) is 115 cm³/mol. The van der Waals surface area contributed by atoms with Crippen LogP contribution in [0.25, 0.3) is 10.9 Å². The maximum absolute atomic E-state index is 2.74. The molecule has 1 aliphatic rings. The van der Waals surface area contributed by atoms with E-state index in [0.29, 0.717) is 6.04 Å². The van der Waals surface area contributed by atoms with Gasteiger partial charge in [0.15, 0.2) is 0 Å². The molecule has 1 heterocycles. The molecule has 0 saturated heterocycles. The second-order valence-electron chi connectivity index (χ2n) is 7.94. The van der Waals surface area contributed by atoms with E-state index in [0.717, 1.165) is 6.54 Å². The SMILES string of the molecule is CCCN(CCC)C1CCCc2ccc3c(ccn3Cc3ccccc3)c21. The van der Waals surface area contributed by atoms with Crippen molar-refractivity contribution in [2.45, 2.75) is 58.5 Å². The smallest absolute Gasteiger partial charge is 0.0487 e. The number of hydrogen-bond donors (Lipinski definition) is 0. The molecule has 0 fully saturated rings. The zero-order chi connectivity index (χ0) is 18.6. The van der Waals surface area contributed by atoms with E-state index >= 15 is 0 Å². The van der Waals surface area contributed by atoms with Crippen molar-refractivity contribution in [3.8, 4) is 0 Å². The first-order chi connectivity index (χ1) is 13.3. The van der Waals surface area contributed by atoms with E-state index in [1.807, 2.05) is 0 Å². The third-order valence-electron chi connectivity index (χ3n) is 6.00. The van der Waals surface area contributed by atoms with Crippen LogP contribution in [0.4, 0.5) is 0 Å². The highest BCUT2D eigenvalue weighted by Crippen LogP contribution is 2.39. The number of hydrogen-bond acceptors (Lipinski definition) is 1. The lowest BCUT2D eigenvalue weighted by Gasteiger charge is -2.36. The molecular formula is C25H32N2. The van der Waals surface area contributed by atoms with Gasteiger partial charge >= 0.3 is 0 Å². The van der Waals surface area contributed by atoms with Gasteiger partial charge in [0.1, 0.15) is 0 Å². The molecule has 2 nitrogen and oxygen atoms in total. The number of aromatic nitrogens is 1. The van der Waals surface area contributed by atoms with Gasteiger partial charge in [0.05, 0.1) is 0 Å². The van der Waals surface area contributed by atoms with Crippen molar-refractivity contribution in [1.29, 1.82) is 0 Å². The lowest BCUT2D eigenvalue weighted by atomic mass is 9.84. The fraction of sp³-hybridized carbons (Fsp3) is 0.440. The number of rotatable bonds is 7. The third kappa shape index (κ3) is 3.68. The Hall–Kier alpha value is -2.06. The molecule has 0 aliphatic heterocycles. The van der Waals surface area contributed by atoms with Crippen LogP contribution in [0.2, 0.25) is 0 Å². The summed E-state index contributed by atoms with van der Waals surface area (Å²) in [5.74, 6) is 0. The molecule has 1 atom stereocenters. The average molecular weight is 361 g/mol. The largest absolute Gasteiger partial charge is 0.343 e. The van der Waals surface area contributed by atoms with E-state index in [2.05, 4.69) is 78.0 Å². The molecule has 27 heavy (non-hydrogen) atoms. The molecule has 2 heteroatoms. The first-order valence-electron chi connectivity index (χ1n) is 10.7. The van der Waals surface area contributed by atoms with Crippen molar-refractivity contribution in [2.75, 3.05) is 13.1 Å². The third-order valence-corrected chi connectivity index (χ3v) is 6.00. The van der Waals surface area contributed by atoms with Gasteiger partial charge in [-0.15, -0.1) is 0 Å². The van der Waals surface area contributed by atoms with Crippen LogP contribution in [0.5, 0.6) is 0 Å². The Kier molecular flexibility index (Phi) is 5.63. The second kappa shape index (κ2) is 8.31. The van der Waals surface area contributed by atoms with Crippen LogP contribution < -0.4 is 0 Å². The van der Waals surface area contributed by atoms with Gasteiger partial charge in [0.2, 0.25) is 0 Å². The van der Waals surface area contributed by atoms with Crippen molar-refractivity contribution < 1.29 is 0 Å². The Bertz CT molecular complexity index is 872. The molecule has 1 aromatic heterocycles. The lowest BCUT2D eigenvalue weighted by molar-refractivity contribution is 0.180. The molecular weight excluding hydrogens is 328 g/mol. The molecule has 0 N–H and O–H groups in total. The van der Waals surface area contributed by atoms with Gasteiger partial charge in [-0.3, -0.25) is 4.90 Å². The summed E-state index contributed by atoms with van der Waals surface area (Å²) in [5.41, 5.74) is 5.95. The topological polar surface area (TPSA) is 8.17 Å². The quantitative estimate of drug-likeness (QED) is 0.488. The van der Waals surface area contributed by atoms with E-state index in [-0.39, 0.29) is 0 Å². The van der Waals surface area contributed by atoms with Crippen molar-refractivity contribution in [3.05, 3.63) is 71.4 Å². The van der Waals surface area contributed by atoms with Crippen LogP contribution in [0, 0.1) is 0 Å². The van der Waals surface area contributed by atoms with Gasteiger partial charge < -0.3 is 4.57 Å². The molecule has 1 aliphatic carbocycles. The Morgan fingerprint density at radius 3 is 2.48 bits per heavy atom. The predicted octanol–water partition coefficient (Wildman–Crippen LogP) is 6.19. The molecule has 3 aromatic rings. The molecule has 1 unspecified atom stereocenters. The average Bonchev–Trinajstić information content (AvgIpc) is 3.11. The summed E-state index contributed by atoms with van der Waals surface area (Å²) in [7, 11) is 0. The molecule has 0 radical (unpaired) electrons. The highest BCUT2D eigenvalue weighted by atomic mass is 15.2. The highest BCUT2D eigenvalue weighted by molar-refractivity contribution is 5.86. The van der Waals surface area contributed by atoms with Crippen LogP contribution >= 0.6 is 0 Å². The number of aryl methyl sites for hydroxylation is 1. The monoisotopic (exact) mass is 360 g/mol. The van der Waals surface area contributed by atoms with Crippen LogP contribution in [-0.4, -0.2) is 22.6 Å². The minimum atomic E-state index is 0.588. The summed E-state index contributed by atoms with van der Waals surface area (Å²) < 4.78 is 2.42. The minimum absolute atomic E-state index is 0.588. The molecule has 0 amide bonds. The van der Waals surface area contributed by atoms with E-state index in [9.17, 15) is 0 Å². The van der Waals surface area contributed by atoms with Gasteiger partial charge in [-0.2, -0.15) is 0 Å². The van der Waals surface area contributed by atoms with E-state index in [1.165, 1.54) is 61.7 Å². The summed E-state index contributed by atoms with van der Waals surface area (Å²) in [6, 6.07) is 18.5. The zero-order valence-corrected chi connectivity index (χ0v) is 16.8. The minimum Gasteiger partial charge on any atom is -0.343 e. The summed E-state index contributed by atoms with van der Waals surface area (Å²) >= 11 is 0. The fourth-order valence-electron chi connectivity index (χ4n) is 4.86. The highest BCUT2D eigenvalue weighted by Gasteiger charge is 2.27. The summed E-state index contributed by atoms with van der Waals surface area (Å²) in [5, 5.41) is 1.48.